The van der Waals surface area contributed by atoms with Gasteiger partial charge in [0.05, 0.1) is 5.16 Å². The summed E-state index contributed by atoms with van der Waals surface area (Å²) in [5.41, 5.74) is 0. The van der Waals surface area contributed by atoms with Crippen LogP contribution in [0.25, 0.3) is 0 Å². The molecule has 1 N–H and O–H groups in total. The van der Waals surface area contributed by atoms with Crippen LogP contribution in [0.4, 0.5) is 0 Å². The molecule has 1 aliphatic carbocycles. The van der Waals surface area contributed by atoms with E-state index in [-0.39, 0.29) is 5.91 Å². The molecule has 0 aromatic rings. The monoisotopic (exact) mass is 400 g/mol. The highest BCUT2D eigenvalue weighted by Gasteiger charge is 2.22. The number of hydrogen-bond donors (Lipinski definition) is 1. The SMILES string of the molecule is O=C(CCC/C=C\C/C=C\C/C=C\C/C=C\CCCCCN=C=S)NC1CC1. The van der Waals surface area contributed by atoms with Gasteiger partial charge in [-0.25, -0.2) is 4.99 Å². The van der Waals surface area contributed by atoms with E-state index in [0.717, 1.165) is 64.3 Å². The number of nitrogens with one attached hydrogen (secondary N) is 1. The summed E-state index contributed by atoms with van der Waals surface area (Å²) in [5, 5.41) is 5.42. The van der Waals surface area contributed by atoms with Gasteiger partial charge in [0.2, 0.25) is 5.91 Å². The summed E-state index contributed by atoms with van der Waals surface area (Å²) in [6.07, 6.45) is 30.3. The van der Waals surface area contributed by atoms with Crippen molar-refractivity contribution in [1.82, 2.24) is 5.32 Å². The van der Waals surface area contributed by atoms with Gasteiger partial charge in [-0.1, -0.05) is 55.0 Å². The van der Waals surface area contributed by atoms with E-state index in [1.165, 1.54) is 12.8 Å². The lowest BCUT2D eigenvalue weighted by Crippen LogP contribution is -2.24. The number of isothiocyanates is 1. The van der Waals surface area contributed by atoms with Crippen LogP contribution < -0.4 is 5.32 Å². The maximum absolute atomic E-state index is 11.5. The Bertz CT molecular complexity index is 567. The fourth-order valence-corrected chi connectivity index (χ4v) is 2.72. The third-order valence-corrected chi connectivity index (χ3v) is 4.53. The number of amides is 1. The van der Waals surface area contributed by atoms with Gasteiger partial charge in [-0.3, -0.25) is 4.79 Å². The summed E-state index contributed by atoms with van der Waals surface area (Å²) < 4.78 is 0. The number of thiocarbonyl (C=S) groups is 1. The molecule has 1 aliphatic rings. The number of hydrogen-bond acceptors (Lipinski definition) is 3. The van der Waals surface area contributed by atoms with Crippen molar-refractivity contribution in [3.8, 4) is 0 Å². The molecule has 0 aliphatic heterocycles. The Labute approximate surface area is 176 Å². The number of aliphatic imine (C=N–C) groups is 1. The van der Waals surface area contributed by atoms with E-state index in [2.05, 4.69) is 76.3 Å². The van der Waals surface area contributed by atoms with Gasteiger partial charge >= 0.3 is 0 Å². The number of allylic oxidation sites excluding steroid dienone is 8. The Hall–Kier alpha value is -1.77. The highest BCUT2D eigenvalue weighted by atomic mass is 32.1. The molecule has 0 aromatic heterocycles. The minimum Gasteiger partial charge on any atom is -0.353 e. The van der Waals surface area contributed by atoms with Gasteiger partial charge in [0.1, 0.15) is 0 Å². The molecule has 154 valence electrons. The Kier molecular flexibility index (Phi) is 16.1. The molecule has 1 amide bonds. The molecule has 3 nitrogen and oxygen atoms in total. The van der Waals surface area contributed by atoms with Gasteiger partial charge in [-0.2, -0.15) is 0 Å². The zero-order valence-electron chi connectivity index (χ0n) is 17.2. The molecule has 0 unspecified atom stereocenters. The maximum atomic E-state index is 11.5. The van der Waals surface area contributed by atoms with Crippen LogP contribution in [-0.2, 0) is 4.79 Å². The maximum Gasteiger partial charge on any atom is 0.220 e. The number of carbonyl (C=O) groups excluding carboxylic acids is 1. The smallest absolute Gasteiger partial charge is 0.220 e. The van der Waals surface area contributed by atoms with Gasteiger partial charge in [0.15, 0.2) is 0 Å². The zero-order chi connectivity index (χ0) is 20.1. The highest BCUT2D eigenvalue weighted by Crippen LogP contribution is 2.18. The minimum atomic E-state index is 0.213. The number of rotatable bonds is 17. The van der Waals surface area contributed by atoms with E-state index in [1.807, 2.05) is 0 Å². The number of nitrogens with zero attached hydrogens (tertiary/aromatic N) is 1. The first-order valence-corrected chi connectivity index (χ1v) is 11.2. The molecule has 1 rings (SSSR count). The van der Waals surface area contributed by atoms with Crippen LogP contribution >= 0.6 is 12.2 Å². The zero-order valence-corrected chi connectivity index (χ0v) is 18.0. The normalized spacial score (nSPS) is 14.4. The molecule has 1 saturated carbocycles. The van der Waals surface area contributed by atoms with Gasteiger partial charge in [0, 0.05) is 19.0 Å². The van der Waals surface area contributed by atoms with Crippen LogP contribution in [0.2, 0.25) is 0 Å². The first-order valence-electron chi connectivity index (χ1n) is 10.8. The fourth-order valence-electron chi connectivity index (χ4n) is 2.63. The second-order valence-corrected chi connectivity index (χ2v) is 7.33. The third kappa shape index (κ3) is 17.6. The van der Waals surface area contributed by atoms with E-state index in [9.17, 15) is 4.79 Å². The quantitative estimate of drug-likeness (QED) is 0.131. The Balaban J connectivity index is 1.85. The van der Waals surface area contributed by atoms with Crippen LogP contribution in [0.3, 0.4) is 0 Å². The van der Waals surface area contributed by atoms with E-state index in [0.29, 0.717) is 12.5 Å². The lowest BCUT2D eigenvalue weighted by molar-refractivity contribution is -0.121. The predicted octanol–water partition coefficient (Wildman–Crippen LogP) is 6.49. The van der Waals surface area contributed by atoms with Crippen LogP contribution in [0.1, 0.15) is 77.0 Å². The van der Waals surface area contributed by atoms with Crippen LogP contribution in [0.5, 0.6) is 0 Å². The number of carbonyl (C=O) groups is 1. The molecule has 0 aromatic carbocycles. The topological polar surface area (TPSA) is 41.5 Å². The fraction of sp³-hybridized carbons (Fsp3) is 0.583. The second kappa shape index (κ2) is 18.6. The van der Waals surface area contributed by atoms with Crippen LogP contribution in [-0.4, -0.2) is 23.7 Å². The highest BCUT2D eigenvalue weighted by molar-refractivity contribution is 7.78. The van der Waals surface area contributed by atoms with Crippen molar-refractivity contribution >= 4 is 23.3 Å². The summed E-state index contributed by atoms with van der Waals surface area (Å²) in [5.74, 6) is 0.213. The summed E-state index contributed by atoms with van der Waals surface area (Å²) >= 11 is 4.54. The standard InChI is InChI=1S/C24H36N2OS/c27-24(26-23-19-20-23)18-16-14-12-10-8-6-4-2-1-3-5-7-9-11-13-15-17-21-25-22-28/h1,3-4,6-7,9-10,12,23H,2,5,8,11,13-21H2,(H,26,27)/b3-1-,6-4-,9-7-,12-10-. The molecule has 4 heteroatoms. The molecule has 0 heterocycles. The molecule has 28 heavy (non-hydrogen) atoms. The second-order valence-electron chi connectivity index (χ2n) is 7.15. The van der Waals surface area contributed by atoms with Gasteiger partial charge in [0.25, 0.3) is 0 Å². The van der Waals surface area contributed by atoms with E-state index < -0.39 is 0 Å². The summed E-state index contributed by atoms with van der Waals surface area (Å²) in [4.78, 5) is 15.4. The molecule has 0 spiro atoms. The van der Waals surface area contributed by atoms with Crippen molar-refractivity contribution in [1.29, 1.82) is 0 Å². The summed E-state index contributed by atoms with van der Waals surface area (Å²) in [7, 11) is 0. The molecule has 0 atom stereocenters. The lowest BCUT2D eigenvalue weighted by atomic mass is 10.2. The van der Waals surface area contributed by atoms with Crippen LogP contribution in [0.15, 0.2) is 53.6 Å². The summed E-state index contributed by atoms with van der Waals surface area (Å²) in [6.45, 7) is 0.818. The number of unbranched alkanes of at least 4 members (excludes halogenated alkanes) is 4. The Morgan fingerprint density at radius 3 is 2.00 bits per heavy atom. The largest absolute Gasteiger partial charge is 0.353 e. The van der Waals surface area contributed by atoms with Crippen LogP contribution in [0, 0.1) is 0 Å². The van der Waals surface area contributed by atoms with Crippen molar-refractivity contribution in [3.05, 3.63) is 48.6 Å². The van der Waals surface area contributed by atoms with Gasteiger partial charge in [-0.05, 0) is 76.4 Å². The van der Waals surface area contributed by atoms with Gasteiger partial charge in [-0.15, -0.1) is 0 Å². The summed E-state index contributed by atoms with van der Waals surface area (Å²) in [6, 6.07) is 0.482. The first-order chi connectivity index (χ1) is 13.8. The van der Waals surface area contributed by atoms with E-state index in [4.69, 9.17) is 0 Å². The van der Waals surface area contributed by atoms with E-state index >= 15 is 0 Å². The minimum absolute atomic E-state index is 0.213. The first kappa shape index (κ1) is 24.3. The molecule has 0 bridgehead atoms. The molecule has 1 fully saturated rings. The Morgan fingerprint density at radius 2 is 1.43 bits per heavy atom. The average molecular weight is 401 g/mol. The van der Waals surface area contributed by atoms with Gasteiger partial charge < -0.3 is 5.32 Å². The van der Waals surface area contributed by atoms with E-state index in [1.54, 1.807) is 0 Å². The molecular formula is C24H36N2OS. The molecular weight excluding hydrogens is 364 g/mol. The molecule has 0 saturated heterocycles. The van der Waals surface area contributed by atoms with Crippen molar-refractivity contribution in [3.63, 3.8) is 0 Å². The lowest BCUT2D eigenvalue weighted by Gasteiger charge is -2.00. The third-order valence-electron chi connectivity index (χ3n) is 4.41. The molecule has 0 radical (unpaired) electrons. The average Bonchev–Trinajstić information content (AvgIpc) is 3.50. The van der Waals surface area contributed by atoms with Crippen molar-refractivity contribution in [2.45, 2.75) is 83.1 Å². The Morgan fingerprint density at radius 1 is 0.857 bits per heavy atom. The van der Waals surface area contributed by atoms with Crippen molar-refractivity contribution in [2.75, 3.05) is 6.54 Å². The van der Waals surface area contributed by atoms with Crippen molar-refractivity contribution in [2.24, 2.45) is 4.99 Å². The van der Waals surface area contributed by atoms with Crippen molar-refractivity contribution < 1.29 is 4.79 Å². The predicted molar refractivity (Wildman–Crippen MR) is 124 cm³/mol.